The van der Waals surface area contributed by atoms with Crippen LogP contribution in [0.15, 0.2) is 24.3 Å². The van der Waals surface area contributed by atoms with Crippen molar-refractivity contribution in [2.24, 2.45) is 0 Å². The highest BCUT2D eigenvalue weighted by atomic mass is 32.2. The van der Waals surface area contributed by atoms with Crippen molar-refractivity contribution in [2.45, 2.75) is 31.1 Å². The highest BCUT2D eigenvalue weighted by Crippen LogP contribution is 2.30. The molecule has 9 heteroatoms. The van der Waals surface area contributed by atoms with Gasteiger partial charge in [-0.2, -0.15) is 0 Å². The van der Waals surface area contributed by atoms with E-state index < -0.39 is 32.7 Å². The van der Waals surface area contributed by atoms with Crippen LogP contribution in [0.5, 0.6) is 0 Å². The van der Waals surface area contributed by atoms with Gasteiger partial charge in [-0.15, -0.1) is 5.92 Å². The maximum absolute atomic E-state index is 12.1. The molecule has 8 nitrogen and oxygen atoms in total. The standard InChI is InChI=1S/C17H20N2O6S/c1-4-5-12-6-8-13(9-7-12)19-11-14(25-16(19)21)10-17(2,15(20)18-22)26(3,23)24/h6-9,14,22H,10-11H2,1-3H3,(H,18,20)/t14-,17+/m0/s1. The highest BCUT2D eigenvalue weighted by Gasteiger charge is 2.48. The number of amides is 2. The Morgan fingerprint density at radius 2 is 2.04 bits per heavy atom. The average molecular weight is 380 g/mol. The second-order valence-electron chi connectivity index (χ2n) is 6.19. The largest absolute Gasteiger partial charge is 0.444 e. The third-order valence-electron chi connectivity index (χ3n) is 4.34. The molecule has 0 unspecified atom stereocenters. The Morgan fingerprint density at radius 1 is 1.42 bits per heavy atom. The summed E-state index contributed by atoms with van der Waals surface area (Å²) in [4.78, 5) is 25.4. The van der Waals surface area contributed by atoms with Crippen molar-refractivity contribution < 1.29 is 28.0 Å². The Hall–Kier alpha value is -2.57. The zero-order valence-electron chi connectivity index (χ0n) is 14.6. The van der Waals surface area contributed by atoms with E-state index in [0.29, 0.717) is 5.69 Å². The first kappa shape index (κ1) is 19.8. The number of carbonyl (C=O) groups excluding carboxylic acids is 2. The van der Waals surface area contributed by atoms with Gasteiger partial charge >= 0.3 is 6.09 Å². The van der Waals surface area contributed by atoms with E-state index in [1.165, 1.54) is 17.3 Å². The van der Waals surface area contributed by atoms with Crippen LogP contribution in [0.25, 0.3) is 0 Å². The van der Waals surface area contributed by atoms with Crippen LogP contribution in [0.3, 0.4) is 0 Å². The molecular formula is C17H20N2O6S. The molecule has 140 valence electrons. The molecule has 2 atom stereocenters. The molecule has 0 aromatic heterocycles. The molecule has 2 rings (SSSR count). The molecule has 0 radical (unpaired) electrons. The van der Waals surface area contributed by atoms with Gasteiger partial charge in [0.05, 0.1) is 6.54 Å². The van der Waals surface area contributed by atoms with Gasteiger partial charge in [-0.25, -0.2) is 18.7 Å². The van der Waals surface area contributed by atoms with Crippen molar-refractivity contribution in [3.05, 3.63) is 29.8 Å². The van der Waals surface area contributed by atoms with Crippen molar-refractivity contribution in [1.82, 2.24) is 5.48 Å². The monoisotopic (exact) mass is 380 g/mol. The minimum Gasteiger partial charge on any atom is -0.444 e. The number of benzene rings is 1. The van der Waals surface area contributed by atoms with Gasteiger partial charge < -0.3 is 4.74 Å². The number of cyclic esters (lactones) is 1. The minimum absolute atomic E-state index is 0.0848. The summed E-state index contributed by atoms with van der Waals surface area (Å²) in [6.45, 7) is 2.99. The van der Waals surface area contributed by atoms with Crippen LogP contribution < -0.4 is 10.4 Å². The Bertz CT molecular complexity index is 869. The van der Waals surface area contributed by atoms with Crippen LogP contribution >= 0.6 is 0 Å². The molecule has 2 N–H and O–H groups in total. The first-order chi connectivity index (χ1) is 12.1. The number of carbonyl (C=O) groups is 2. The summed E-state index contributed by atoms with van der Waals surface area (Å²) in [5, 5.41) is 8.87. The lowest BCUT2D eigenvalue weighted by atomic mass is 10.0. The number of anilines is 1. The van der Waals surface area contributed by atoms with Crippen LogP contribution in [0.2, 0.25) is 0 Å². The molecule has 2 amide bonds. The lowest BCUT2D eigenvalue weighted by Crippen LogP contribution is -2.51. The summed E-state index contributed by atoms with van der Waals surface area (Å²) in [5.41, 5.74) is 2.75. The van der Waals surface area contributed by atoms with Gasteiger partial charge in [0, 0.05) is 23.9 Å². The molecule has 0 saturated carbocycles. The van der Waals surface area contributed by atoms with Gasteiger partial charge in [0.1, 0.15) is 6.10 Å². The van der Waals surface area contributed by atoms with Gasteiger partial charge in [0.15, 0.2) is 14.6 Å². The average Bonchev–Trinajstić information content (AvgIpc) is 2.94. The van der Waals surface area contributed by atoms with E-state index in [1.54, 1.807) is 31.2 Å². The molecule has 1 saturated heterocycles. The highest BCUT2D eigenvalue weighted by molar-refractivity contribution is 7.92. The molecule has 1 fully saturated rings. The first-order valence-electron chi connectivity index (χ1n) is 7.77. The molecule has 0 aliphatic carbocycles. The molecule has 1 aliphatic heterocycles. The fourth-order valence-electron chi connectivity index (χ4n) is 2.67. The number of nitrogens with one attached hydrogen (secondary N) is 1. The summed E-state index contributed by atoms with van der Waals surface area (Å²) < 4.78 is 27.4. The summed E-state index contributed by atoms with van der Waals surface area (Å²) in [5.74, 6) is 4.59. The van der Waals surface area contributed by atoms with E-state index in [9.17, 15) is 18.0 Å². The topological polar surface area (TPSA) is 113 Å². The lowest BCUT2D eigenvalue weighted by molar-refractivity contribution is -0.132. The smallest absolute Gasteiger partial charge is 0.414 e. The van der Waals surface area contributed by atoms with E-state index in [0.717, 1.165) is 11.8 Å². The SMILES string of the molecule is CC#Cc1ccc(N2C[C@H](C[C@](C)(C(=O)NO)S(C)(=O)=O)OC2=O)cc1. The van der Waals surface area contributed by atoms with Gasteiger partial charge in [-0.1, -0.05) is 5.92 Å². The van der Waals surface area contributed by atoms with Gasteiger partial charge in [-0.3, -0.25) is 14.9 Å². The zero-order chi connectivity index (χ0) is 19.5. The molecule has 1 aromatic carbocycles. The number of ether oxygens (including phenoxy) is 1. The Morgan fingerprint density at radius 3 is 2.54 bits per heavy atom. The Labute approximate surface area is 152 Å². The van der Waals surface area contributed by atoms with E-state index in [1.807, 2.05) is 0 Å². The van der Waals surface area contributed by atoms with E-state index in [-0.39, 0.29) is 13.0 Å². The van der Waals surface area contributed by atoms with E-state index in [4.69, 9.17) is 9.94 Å². The first-order valence-corrected chi connectivity index (χ1v) is 9.66. The molecule has 1 heterocycles. The van der Waals surface area contributed by atoms with E-state index >= 15 is 0 Å². The van der Waals surface area contributed by atoms with Crippen LogP contribution in [0.4, 0.5) is 10.5 Å². The maximum Gasteiger partial charge on any atom is 0.414 e. The summed E-state index contributed by atoms with van der Waals surface area (Å²) in [6, 6.07) is 6.93. The normalized spacial score (nSPS) is 19.2. The van der Waals surface area contributed by atoms with Crippen molar-refractivity contribution >= 4 is 27.5 Å². The third-order valence-corrected chi connectivity index (χ3v) is 6.33. The Balaban J connectivity index is 2.20. The van der Waals surface area contributed by atoms with E-state index in [2.05, 4.69) is 11.8 Å². The summed E-state index contributed by atoms with van der Waals surface area (Å²) >= 11 is 0. The van der Waals surface area contributed by atoms with Gasteiger partial charge in [-0.05, 0) is 38.1 Å². The fraction of sp³-hybridized carbons (Fsp3) is 0.412. The van der Waals surface area contributed by atoms with Crippen LogP contribution in [0, 0.1) is 11.8 Å². The second kappa shape index (κ2) is 7.35. The van der Waals surface area contributed by atoms with Crippen molar-refractivity contribution in [3.63, 3.8) is 0 Å². The van der Waals surface area contributed by atoms with Crippen LogP contribution in [0.1, 0.15) is 25.8 Å². The van der Waals surface area contributed by atoms with Crippen molar-refractivity contribution in [1.29, 1.82) is 0 Å². The van der Waals surface area contributed by atoms with Crippen LogP contribution in [-0.2, 0) is 19.4 Å². The molecule has 1 aliphatic rings. The maximum atomic E-state index is 12.1. The zero-order valence-corrected chi connectivity index (χ0v) is 15.5. The summed E-state index contributed by atoms with van der Waals surface area (Å²) in [7, 11) is -3.87. The van der Waals surface area contributed by atoms with Gasteiger partial charge in [0.25, 0.3) is 5.91 Å². The van der Waals surface area contributed by atoms with Gasteiger partial charge in [0.2, 0.25) is 0 Å². The number of hydroxylamine groups is 1. The fourth-order valence-corrected chi connectivity index (χ4v) is 3.54. The molecule has 1 aromatic rings. The number of hydrogen-bond acceptors (Lipinski definition) is 6. The summed E-state index contributed by atoms with van der Waals surface area (Å²) in [6.07, 6.45) is -0.844. The van der Waals surface area contributed by atoms with Crippen molar-refractivity contribution in [3.8, 4) is 11.8 Å². The molecule has 0 spiro atoms. The number of rotatable bonds is 5. The third kappa shape index (κ3) is 3.81. The quantitative estimate of drug-likeness (QED) is 0.449. The van der Waals surface area contributed by atoms with Crippen molar-refractivity contribution in [2.75, 3.05) is 17.7 Å². The molecule has 0 bridgehead atoms. The van der Waals surface area contributed by atoms with Crippen LogP contribution in [-0.4, -0.2) is 49.3 Å². The Kier molecular flexibility index (Phi) is 5.59. The lowest BCUT2D eigenvalue weighted by Gasteiger charge is -2.26. The minimum atomic E-state index is -3.87. The number of sulfone groups is 1. The predicted octanol–water partition coefficient (Wildman–Crippen LogP) is 1.08. The predicted molar refractivity (Wildman–Crippen MR) is 94.4 cm³/mol. The number of nitrogens with zero attached hydrogens (tertiary/aromatic N) is 1. The molecular weight excluding hydrogens is 360 g/mol. The second-order valence-corrected chi connectivity index (χ2v) is 8.63. The number of hydrogen-bond donors (Lipinski definition) is 2. The molecule has 26 heavy (non-hydrogen) atoms.